The molecular formula is C20H25N4O6-. The Morgan fingerprint density at radius 3 is 2.50 bits per heavy atom. The van der Waals surface area contributed by atoms with Crippen LogP contribution in [0.3, 0.4) is 0 Å². The third-order valence-corrected chi connectivity index (χ3v) is 3.62. The minimum atomic E-state index is -1.23. The van der Waals surface area contributed by atoms with E-state index >= 15 is 0 Å². The van der Waals surface area contributed by atoms with E-state index in [4.69, 9.17) is 4.74 Å². The second-order valence-electron chi connectivity index (χ2n) is 7.95. The van der Waals surface area contributed by atoms with Gasteiger partial charge in [0.1, 0.15) is 12.1 Å². The number of benzene rings is 1. The number of rotatable bonds is 6. The molecule has 1 aromatic carbocycles. The van der Waals surface area contributed by atoms with Gasteiger partial charge in [-0.05, 0) is 46.8 Å². The van der Waals surface area contributed by atoms with Gasteiger partial charge in [0.15, 0.2) is 5.82 Å². The Bertz CT molecular complexity index is 1010. The van der Waals surface area contributed by atoms with Gasteiger partial charge in [-0.25, -0.2) is 9.78 Å². The lowest BCUT2D eigenvalue weighted by molar-refractivity contribution is -0.268. The van der Waals surface area contributed by atoms with E-state index in [-0.39, 0.29) is 28.8 Å². The van der Waals surface area contributed by atoms with Crippen LogP contribution in [0.15, 0.2) is 29.2 Å². The minimum absolute atomic E-state index is 0.000353. The van der Waals surface area contributed by atoms with Gasteiger partial charge in [-0.3, -0.25) is 19.5 Å². The molecule has 0 aliphatic carbocycles. The molecule has 10 nitrogen and oxygen atoms in total. The van der Waals surface area contributed by atoms with Gasteiger partial charge in [0.2, 0.25) is 0 Å². The number of aliphatic carboxylic acids is 1. The van der Waals surface area contributed by atoms with Crippen LogP contribution < -0.4 is 21.3 Å². The second-order valence-corrected chi connectivity index (χ2v) is 7.95. The van der Waals surface area contributed by atoms with Gasteiger partial charge < -0.3 is 20.3 Å². The van der Waals surface area contributed by atoms with Gasteiger partial charge in [-0.2, -0.15) is 0 Å². The van der Waals surface area contributed by atoms with Crippen LogP contribution in [-0.4, -0.2) is 38.4 Å². The highest BCUT2D eigenvalue weighted by molar-refractivity contribution is 5.86. The summed E-state index contributed by atoms with van der Waals surface area (Å²) >= 11 is 0. The lowest BCUT2D eigenvalue weighted by Gasteiger charge is -2.21. The number of anilines is 2. The zero-order valence-corrected chi connectivity index (χ0v) is 17.5. The number of carboxylic acids is 1. The average molecular weight is 417 g/mol. The first-order chi connectivity index (χ1) is 13.9. The van der Waals surface area contributed by atoms with E-state index in [0.717, 1.165) is 4.57 Å². The zero-order chi connectivity index (χ0) is 22.6. The van der Waals surface area contributed by atoms with Crippen molar-refractivity contribution < 1.29 is 24.5 Å². The maximum atomic E-state index is 12.7. The van der Waals surface area contributed by atoms with E-state index in [9.17, 15) is 24.6 Å². The first-order valence-corrected chi connectivity index (χ1v) is 9.26. The molecular weight excluding hydrogens is 392 g/mol. The fraction of sp³-hybridized carbons (Fsp3) is 0.400. The van der Waals surface area contributed by atoms with Crippen molar-refractivity contribution in [1.82, 2.24) is 9.55 Å². The van der Waals surface area contributed by atoms with E-state index in [2.05, 4.69) is 15.6 Å². The van der Waals surface area contributed by atoms with Crippen molar-refractivity contribution in [3.8, 4) is 17.0 Å². The van der Waals surface area contributed by atoms with E-state index in [1.54, 1.807) is 20.8 Å². The molecule has 0 spiro atoms. The van der Waals surface area contributed by atoms with E-state index in [0.29, 0.717) is 0 Å². The molecule has 0 fully saturated rings. The van der Waals surface area contributed by atoms with Crippen molar-refractivity contribution >= 4 is 23.6 Å². The molecule has 0 saturated heterocycles. The summed E-state index contributed by atoms with van der Waals surface area (Å²) < 4.78 is 6.18. The van der Waals surface area contributed by atoms with Crippen LogP contribution in [0.5, 0.6) is 5.75 Å². The third-order valence-electron chi connectivity index (χ3n) is 3.62. The van der Waals surface area contributed by atoms with Crippen molar-refractivity contribution in [2.45, 2.75) is 52.8 Å². The number of carbonyl (C=O) groups excluding carboxylic acids is 1. The number of ether oxygens (including phenoxy) is 1. The fourth-order valence-electron chi connectivity index (χ4n) is 2.62. The molecule has 1 amide bonds. The van der Waals surface area contributed by atoms with Gasteiger partial charge in [0.25, 0.3) is 5.56 Å². The highest BCUT2D eigenvalue weighted by Gasteiger charge is 2.18. The Labute approximate surface area is 173 Å². The van der Waals surface area contributed by atoms with Crippen molar-refractivity contribution in [2.24, 2.45) is 0 Å². The van der Waals surface area contributed by atoms with Crippen LogP contribution in [0.2, 0.25) is 0 Å². The number of hydrogen-bond acceptors (Lipinski definition) is 7. The van der Waals surface area contributed by atoms with Crippen LogP contribution in [-0.2, 0) is 16.1 Å². The van der Waals surface area contributed by atoms with Crippen LogP contribution in [0, 0.1) is 0 Å². The van der Waals surface area contributed by atoms with Crippen molar-refractivity contribution in [3.63, 3.8) is 0 Å². The summed E-state index contributed by atoms with van der Waals surface area (Å²) in [7, 11) is 0. The largest absolute Gasteiger partial charge is 0.872 e. The SMILES string of the molecule is CC(C)Nc1ncc(-c2cc([O-])cc(NC(=O)OC(C)(C)C)c2)n(CC(=O)O)c1=O. The molecule has 0 saturated carbocycles. The third kappa shape index (κ3) is 6.23. The number of carbonyl (C=O) groups is 2. The average Bonchev–Trinajstić information content (AvgIpc) is 2.55. The summed E-state index contributed by atoms with van der Waals surface area (Å²) in [6.07, 6.45) is 0.553. The van der Waals surface area contributed by atoms with Crippen molar-refractivity contribution in [3.05, 3.63) is 34.7 Å². The monoisotopic (exact) mass is 417 g/mol. The maximum Gasteiger partial charge on any atom is 0.412 e. The van der Waals surface area contributed by atoms with Crippen LogP contribution in [0.25, 0.3) is 11.3 Å². The predicted octanol–water partition coefficient (Wildman–Crippen LogP) is 2.24. The fourth-order valence-corrected chi connectivity index (χ4v) is 2.62. The lowest BCUT2D eigenvalue weighted by Crippen LogP contribution is -2.30. The van der Waals surface area contributed by atoms with Gasteiger partial charge in [-0.1, -0.05) is 6.07 Å². The molecule has 0 atom stereocenters. The molecule has 0 radical (unpaired) electrons. The molecule has 0 bridgehead atoms. The first-order valence-electron chi connectivity index (χ1n) is 9.26. The summed E-state index contributed by atoms with van der Waals surface area (Å²) in [5, 5.41) is 26.7. The molecule has 162 valence electrons. The Kier molecular flexibility index (Phi) is 6.70. The molecule has 1 heterocycles. The number of aromatic nitrogens is 2. The summed E-state index contributed by atoms with van der Waals surface area (Å²) in [5.74, 6) is -1.68. The Hall–Kier alpha value is -3.56. The highest BCUT2D eigenvalue weighted by atomic mass is 16.6. The molecule has 30 heavy (non-hydrogen) atoms. The maximum absolute atomic E-state index is 12.7. The second kappa shape index (κ2) is 8.85. The smallest absolute Gasteiger partial charge is 0.412 e. The number of nitrogens with zero attached hydrogens (tertiary/aromatic N) is 2. The topological polar surface area (TPSA) is 146 Å². The summed E-state index contributed by atoms with van der Waals surface area (Å²) in [4.78, 5) is 40.2. The van der Waals surface area contributed by atoms with Gasteiger partial charge in [0.05, 0.1) is 11.9 Å². The number of nitrogens with one attached hydrogen (secondary N) is 2. The molecule has 3 N–H and O–H groups in total. The summed E-state index contributed by atoms with van der Waals surface area (Å²) in [6.45, 7) is 8.10. The molecule has 2 rings (SSSR count). The molecule has 0 unspecified atom stereocenters. The minimum Gasteiger partial charge on any atom is -0.872 e. The van der Waals surface area contributed by atoms with E-state index in [1.165, 1.54) is 24.4 Å². The zero-order valence-electron chi connectivity index (χ0n) is 17.5. The van der Waals surface area contributed by atoms with E-state index < -0.39 is 35.5 Å². The first kappa shape index (κ1) is 22.7. The standard InChI is InChI=1S/C20H26N4O6/c1-11(2)22-17-18(28)24(10-16(26)27)15(9-21-17)12-6-13(8-14(25)7-12)23-19(29)30-20(3,4)5/h6-9,11,25H,10H2,1-5H3,(H,21,22)(H,23,29)(H,26,27)/p-1. The molecule has 1 aromatic heterocycles. The number of carboxylic acid groups (broad SMARTS) is 1. The summed E-state index contributed by atoms with van der Waals surface area (Å²) in [5.41, 5.74) is -0.864. The van der Waals surface area contributed by atoms with Gasteiger partial charge >= 0.3 is 12.1 Å². The normalized spacial score (nSPS) is 11.3. The molecule has 2 aromatic rings. The molecule has 0 aliphatic heterocycles. The Morgan fingerprint density at radius 2 is 1.93 bits per heavy atom. The Morgan fingerprint density at radius 1 is 1.27 bits per heavy atom. The highest BCUT2D eigenvalue weighted by Crippen LogP contribution is 2.27. The quantitative estimate of drug-likeness (QED) is 0.649. The van der Waals surface area contributed by atoms with E-state index in [1.807, 2.05) is 13.8 Å². The van der Waals surface area contributed by atoms with Crippen LogP contribution in [0.4, 0.5) is 16.3 Å². The van der Waals surface area contributed by atoms with Crippen LogP contribution >= 0.6 is 0 Å². The predicted molar refractivity (Wildman–Crippen MR) is 110 cm³/mol. The molecule has 0 aliphatic rings. The van der Waals surface area contributed by atoms with Crippen molar-refractivity contribution in [1.29, 1.82) is 0 Å². The molecule has 10 heteroatoms. The van der Waals surface area contributed by atoms with Gasteiger partial charge in [-0.15, -0.1) is 5.75 Å². The summed E-state index contributed by atoms with van der Waals surface area (Å²) in [6, 6.07) is 3.76. The van der Waals surface area contributed by atoms with Crippen molar-refractivity contribution in [2.75, 3.05) is 10.6 Å². The van der Waals surface area contributed by atoms with Crippen LogP contribution in [0.1, 0.15) is 34.6 Å². The number of hydrogen-bond donors (Lipinski definition) is 3. The number of amides is 1. The van der Waals surface area contributed by atoms with Gasteiger partial charge in [0, 0.05) is 17.3 Å². The Balaban J connectivity index is 2.51. The lowest BCUT2D eigenvalue weighted by atomic mass is 10.1.